The first-order valence-electron chi connectivity index (χ1n) is 4.35. The van der Waals surface area contributed by atoms with E-state index >= 15 is 0 Å². The summed E-state index contributed by atoms with van der Waals surface area (Å²) in [6.07, 6.45) is 0. The number of Topliss-reactive ketones (excluding diaryl/α,β-unsaturated/α-hetero) is 1. The summed E-state index contributed by atoms with van der Waals surface area (Å²) in [6, 6.07) is 3.83. The maximum Gasteiger partial charge on any atom is 0.380 e. The Labute approximate surface area is 88.3 Å². The smallest absolute Gasteiger partial charge is 0.380 e. The summed E-state index contributed by atoms with van der Waals surface area (Å²) < 4.78 is 4.58. The van der Waals surface area contributed by atoms with Crippen LogP contribution in [0.25, 0.3) is 0 Å². The number of epoxide rings is 1. The van der Waals surface area contributed by atoms with Gasteiger partial charge in [0.1, 0.15) is 0 Å². The van der Waals surface area contributed by atoms with Crippen molar-refractivity contribution in [2.24, 2.45) is 0 Å². The molecular weight excluding hydrogens is 220 g/mol. The second-order valence-electron chi connectivity index (χ2n) is 3.47. The Kier molecular flexibility index (Phi) is 1.51. The first-order valence-corrected chi connectivity index (χ1v) is 4.35. The molecule has 7 heteroatoms. The van der Waals surface area contributed by atoms with Crippen molar-refractivity contribution in [3.8, 4) is 11.5 Å². The third-order valence-corrected chi connectivity index (χ3v) is 2.49. The van der Waals surface area contributed by atoms with Gasteiger partial charge < -0.3 is 15.3 Å². The van der Waals surface area contributed by atoms with E-state index in [1.54, 1.807) is 0 Å². The van der Waals surface area contributed by atoms with Crippen molar-refractivity contribution in [2.75, 3.05) is 0 Å². The lowest BCUT2D eigenvalue weighted by molar-refractivity contribution is -0.499. The summed E-state index contributed by atoms with van der Waals surface area (Å²) in [5.41, 5.74) is -0.223. The summed E-state index contributed by atoms with van der Waals surface area (Å²) in [7, 11) is 0. The molecule has 84 valence electrons. The van der Waals surface area contributed by atoms with Crippen LogP contribution < -0.4 is 0 Å². The third-order valence-electron chi connectivity index (χ3n) is 2.49. The minimum absolute atomic E-state index is 0.223. The number of rotatable bonds is 2. The van der Waals surface area contributed by atoms with Crippen molar-refractivity contribution in [1.82, 2.24) is 0 Å². The lowest BCUT2D eigenvalue weighted by Crippen LogP contribution is -2.48. The number of carbonyl (C=O) groups is 1. The summed E-state index contributed by atoms with van der Waals surface area (Å²) in [5.74, 6) is -5.85. The Morgan fingerprint density at radius 2 is 2.00 bits per heavy atom. The topological polar surface area (TPSA) is 109 Å². The fourth-order valence-electron chi connectivity index (χ4n) is 1.51. The molecule has 0 aromatic heterocycles. The Hall–Kier alpha value is -1.67. The summed E-state index contributed by atoms with van der Waals surface area (Å²) in [4.78, 5) is 20.4. The molecule has 2 fully saturated rings. The lowest BCUT2D eigenvalue weighted by atomic mass is 10.0. The fraction of sp³-hybridized carbons (Fsp3) is 0.222. The van der Waals surface area contributed by atoms with E-state index in [1.807, 2.05) is 0 Å². The summed E-state index contributed by atoms with van der Waals surface area (Å²) in [5, 5.41) is 27.9. The van der Waals surface area contributed by atoms with Crippen LogP contribution in [0.5, 0.6) is 11.5 Å². The highest BCUT2D eigenvalue weighted by atomic mass is 17.4. The van der Waals surface area contributed by atoms with Crippen LogP contribution in [0.15, 0.2) is 18.2 Å². The van der Waals surface area contributed by atoms with Crippen molar-refractivity contribution in [1.29, 1.82) is 0 Å². The van der Waals surface area contributed by atoms with Crippen LogP contribution in [0.1, 0.15) is 10.4 Å². The van der Waals surface area contributed by atoms with Gasteiger partial charge in [-0.25, -0.2) is 0 Å². The van der Waals surface area contributed by atoms with E-state index in [0.29, 0.717) is 0 Å². The molecule has 2 aliphatic rings. The average molecular weight is 226 g/mol. The standard InChI is InChI=1S/C9H6O7/c10-5-3-1-2-4(6(5)11)7(12)8-9(13,14-8)16-15-8/h1-3,10-11,13H. The van der Waals surface area contributed by atoms with E-state index in [1.165, 1.54) is 18.2 Å². The van der Waals surface area contributed by atoms with Crippen LogP contribution in [0.3, 0.4) is 0 Å². The molecule has 3 N–H and O–H groups in total. The van der Waals surface area contributed by atoms with Crippen LogP contribution >= 0.6 is 0 Å². The molecule has 0 aliphatic carbocycles. The molecule has 2 heterocycles. The number of aromatic hydroxyl groups is 2. The molecule has 2 atom stereocenters. The Balaban J connectivity index is 2.00. The van der Waals surface area contributed by atoms with E-state index in [0.717, 1.165) is 0 Å². The minimum atomic E-state index is -2.07. The van der Waals surface area contributed by atoms with Gasteiger partial charge in [0.25, 0.3) is 0 Å². The van der Waals surface area contributed by atoms with Crippen molar-refractivity contribution in [2.45, 2.75) is 11.8 Å². The maximum absolute atomic E-state index is 11.8. The third kappa shape index (κ3) is 0.883. The van der Waals surface area contributed by atoms with Gasteiger partial charge in [-0.1, -0.05) is 6.07 Å². The molecule has 16 heavy (non-hydrogen) atoms. The predicted octanol–water partition coefficient (Wildman–Crippen LogP) is -0.385. The zero-order chi connectivity index (χ0) is 11.6. The number of phenolic OH excluding ortho intramolecular Hbond substituents is 2. The minimum Gasteiger partial charge on any atom is -0.504 e. The SMILES string of the molecule is O=C(c1cccc(O)c1O)C12OOC1(O)O2. The summed E-state index contributed by atoms with van der Waals surface area (Å²) >= 11 is 0. The van der Waals surface area contributed by atoms with Crippen LogP contribution in [0.4, 0.5) is 0 Å². The second kappa shape index (κ2) is 2.53. The second-order valence-corrected chi connectivity index (χ2v) is 3.47. The van der Waals surface area contributed by atoms with Gasteiger partial charge in [-0.2, -0.15) is 9.78 Å². The fourth-order valence-corrected chi connectivity index (χ4v) is 1.51. The number of ketones is 1. The van der Waals surface area contributed by atoms with Gasteiger partial charge in [0.15, 0.2) is 11.5 Å². The number of aliphatic hydroxyl groups is 1. The highest BCUT2D eigenvalue weighted by Gasteiger charge is 2.89. The molecule has 3 rings (SSSR count). The molecule has 2 saturated heterocycles. The van der Waals surface area contributed by atoms with Crippen LogP contribution in [-0.2, 0) is 14.5 Å². The molecule has 0 radical (unpaired) electrons. The molecular formula is C9H6O7. The highest BCUT2D eigenvalue weighted by molar-refractivity contribution is 6.06. The Bertz CT molecular complexity index is 499. The average Bonchev–Trinajstić information content (AvgIpc) is 2.68. The molecule has 0 bridgehead atoms. The van der Waals surface area contributed by atoms with Gasteiger partial charge >= 0.3 is 11.8 Å². The number of para-hydroxylation sites is 1. The van der Waals surface area contributed by atoms with Crippen molar-refractivity contribution in [3.63, 3.8) is 0 Å². The Morgan fingerprint density at radius 1 is 1.25 bits per heavy atom. The maximum atomic E-state index is 11.8. The number of fused-ring (bicyclic) bond motifs is 1. The number of ether oxygens (including phenoxy) is 1. The van der Waals surface area contributed by atoms with E-state index in [2.05, 4.69) is 14.5 Å². The predicted molar refractivity (Wildman–Crippen MR) is 45.0 cm³/mol. The first kappa shape index (κ1) is 9.55. The molecule has 0 spiro atoms. The number of benzene rings is 1. The van der Waals surface area contributed by atoms with E-state index in [4.69, 9.17) is 0 Å². The van der Waals surface area contributed by atoms with Crippen molar-refractivity contribution < 1.29 is 34.6 Å². The van der Waals surface area contributed by atoms with Crippen LogP contribution in [0.2, 0.25) is 0 Å². The van der Waals surface area contributed by atoms with Gasteiger partial charge in [-0.15, -0.1) is 0 Å². The first-order chi connectivity index (χ1) is 7.50. The summed E-state index contributed by atoms with van der Waals surface area (Å²) in [6.45, 7) is 0. The molecule has 0 amide bonds. The van der Waals surface area contributed by atoms with Gasteiger partial charge in [0.05, 0.1) is 5.56 Å². The Morgan fingerprint density at radius 3 is 2.50 bits per heavy atom. The molecule has 2 unspecified atom stereocenters. The van der Waals surface area contributed by atoms with Crippen LogP contribution in [0, 0.1) is 0 Å². The van der Waals surface area contributed by atoms with Crippen molar-refractivity contribution in [3.05, 3.63) is 23.8 Å². The zero-order valence-corrected chi connectivity index (χ0v) is 7.71. The largest absolute Gasteiger partial charge is 0.504 e. The molecule has 1 aromatic carbocycles. The number of hydrogen-bond donors (Lipinski definition) is 3. The monoisotopic (exact) mass is 226 g/mol. The quantitative estimate of drug-likeness (QED) is 0.273. The van der Waals surface area contributed by atoms with Crippen LogP contribution in [-0.4, -0.2) is 32.9 Å². The van der Waals surface area contributed by atoms with Gasteiger partial charge in [-0.3, -0.25) is 9.53 Å². The molecule has 0 saturated carbocycles. The lowest BCUT2D eigenvalue weighted by Gasteiger charge is -2.21. The van der Waals surface area contributed by atoms with E-state index < -0.39 is 29.0 Å². The number of hydrogen-bond acceptors (Lipinski definition) is 7. The van der Waals surface area contributed by atoms with Gasteiger partial charge in [0.2, 0.25) is 5.78 Å². The normalized spacial score (nSPS) is 35.1. The van der Waals surface area contributed by atoms with E-state index in [-0.39, 0.29) is 5.56 Å². The molecule has 1 aromatic rings. The molecule has 7 nitrogen and oxygen atoms in total. The highest BCUT2D eigenvalue weighted by Crippen LogP contribution is 2.59. The molecule has 2 aliphatic heterocycles. The van der Waals surface area contributed by atoms with Gasteiger partial charge in [0, 0.05) is 0 Å². The number of phenols is 2. The number of carbonyl (C=O) groups excluding carboxylic acids is 1. The van der Waals surface area contributed by atoms with Gasteiger partial charge in [-0.05, 0) is 12.1 Å². The van der Waals surface area contributed by atoms with E-state index in [9.17, 15) is 20.1 Å². The zero-order valence-electron chi connectivity index (χ0n) is 7.71. The van der Waals surface area contributed by atoms with Crippen molar-refractivity contribution >= 4 is 5.78 Å².